The standard InChI is InChI=1S/C20H19N6O/c21-20-19-16(17-6-9-23-25(17)15-7-10-27-11-8-15)12-18(26(19)24-13-22-20)14-4-2-1-3-5-14/h1-2,4-6,9,12-13,15H,7-8,10-11H2,(H2,21,22,24). The average molecular weight is 359 g/mol. The van der Waals surface area contributed by atoms with Crippen LogP contribution >= 0.6 is 0 Å². The Balaban J connectivity index is 1.72. The quantitative estimate of drug-likeness (QED) is 0.608. The molecule has 0 atom stereocenters. The number of rotatable bonds is 3. The van der Waals surface area contributed by atoms with E-state index in [0.29, 0.717) is 11.9 Å². The van der Waals surface area contributed by atoms with Crippen LogP contribution < -0.4 is 5.73 Å². The highest BCUT2D eigenvalue weighted by Gasteiger charge is 2.23. The molecule has 2 N–H and O–H groups in total. The lowest BCUT2D eigenvalue weighted by atomic mass is 10.1. The highest BCUT2D eigenvalue weighted by atomic mass is 16.5. The third-order valence-electron chi connectivity index (χ3n) is 5.07. The summed E-state index contributed by atoms with van der Waals surface area (Å²) >= 11 is 0. The molecule has 0 bridgehead atoms. The Morgan fingerprint density at radius 1 is 1.15 bits per heavy atom. The maximum atomic E-state index is 6.25. The van der Waals surface area contributed by atoms with Crippen LogP contribution in [0.1, 0.15) is 18.9 Å². The van der Waals surface area contributed by atoms with Gasteiger partial charge in [0.2, 0.25) is 0 Å². The Hall–Kier alpha value is -3.19. The van der Waals surface area contributed by atoms with E-state index in [-0.39, 0.29) is 0 Å². The zero-order chi connectivity index (χ0) is 18.2. The Bertz CT molecular complexity index is 1080. The summed E-state index contributed by atoms with van der Waals surface area (Å²) in [6.45, 7) is 1.52. The van der Waals surface area contributed by atoms with Gasteiger partial charge >= 0.3 is 0 Å². The second-order valence-electron chi connectivity index (χ2n) is 6.65. The van der Waals surface area contributed by atoms with E-state index >= 15 is 0 Å². The summed E-state index contributed by atoms with van der Waals surface area (Å²) in [6, 6.07) is 15.4. The van der Waals surface area contributed by atoms with Crippen LogP contribution in [0.2, 0.25) is 0 Å². The predicted molar refractivity (Wildman–Crippen MR) is 102 cm³/mol. The van der Waals surface area contributed by atoms with Crippen LogP contribution in [0.5, 0.6) is 0 Å². The van der Waals surface area contributed by atoms with Crippen molar-refractivity contribution in [2.75, 3.05) is 18.9 Å². The van der Waals surface area contributed by atoms with Gasteiger partial charge in [0.25, 0.3) is 0 Å². The van der Waals surface area contributed by atoms with Crippen molar-refractivity contribution < 1.29 is 4.74 Å². The summed E-state index contributed by atoms with van der Waals surface area (Å²) in [4.78, 5) is 4.22. The molecule has 1 aliphatic heterocycles. The molecule has 1 radical (unpaired) electrons. The van der Waals surface area contributed by atoms with Gasteiger partial charge in [0.05, 0.1) is 17.4 Å². The smallest absolute Gasteiger partial charge is 0.152 e. The number of benzene rings is 1. The Labute approximate surface area is 156 Å². The van der Waals surface area contributed by atoms with E-state index in [2.05, 4.69) is 32.0 Å². The van der Waals surface area contributed by atoms with Crippen LogP contribution in [0.25, 0.3) is 28.0 Å². The third-order valence-corrected chi connectivity index (χ3v) is 5.07. The minimum Gasteiger partial charge on any atom is -0.382 e. The molecule has 4 aromatic rings. The zero-order valence-electron chi connectivity index (χ0n) is 14.7. The van der Waals surface area contributed by atoms with E-state index in [1.807, 2.05) is 41.0 Å². The Morgan fingerprint density at radius 2 is 2.04 bits per heavy atom. The second kappa shape index (κ2) is 6.51. The molecule has 135 valence electrons. The van der Waals surface area contributed by atoms with E-state index < -0.39 is 0 Å². The maximum absolute atomic E-state index is 6.25. The lowest BCUT2D eigenvalue weighted by Gasteiger charge is -2.24. The lowest BCUT2D eigenvalue weighted by molar-refractivity contribution is 0.0667. The lowest BCUT2D eigenvalue weighted by Crippen LogP contribution is -2.21. The second-order valence-corrected chi connectivity index (χ2v) is 6.65. The molecule has 4 heterocycles. The topological polar surface area (TPSA) is 83.3 Å². The molecule has 3 aromatic heterocycles. The number of hydrogen-bond acceptors (Lipinski definition) is 5. The first kappa shape index (κ1) is 16.0. The SMILES string of the molecule is Nc1ncnn2c(-c3c[c]ccc3)cc(-c3ccnn3C3CCOCC3)c12. The number of nitrogen functional groups attached to an aromatic ring is 1. The number of ether oxygens (including phenoxy) is 1. The molecule has 1 aromatic carbocycles. The molecular formula is C20H19N6O. The van der Waals surface area contributed by atoms with Crippen LogP contribution in [0.3, 0.4) is 0 Å². The first-order chi connectivity index (χ1) is 13.3. The van der Waals surface area contributed by atoms with Crippen LogP contribution in [0, 0.1) is 6.07 Å². The maximum Gasteiger partial charge on any atom is 0.152 e. The van der Waals surface area contributed by atoms with Gasteiger partial charge in [0.1, 0.15) is 11.8 Å². The van der Waals surface area contributed by atoms with Gasteiger partial charge in [-0.05, 0) is 37.1 Å². The van der Waals surface area contributed by atoms with Crippen LogP contribution in [0.4, 0.5) is 5.82 Å². The van der Waals surface area contributed by atoms with Crippen molar-refractivity contribution in [3.8, 4) is 22.5 Å². The molecule has 7 heteroatoms. The summed E-state index contributed by atoms with van der Waals surface area (Å²) in [5.41, 5.74) is 11.0. The molecule has 0 saturated carbocycles. The van der Waals surface area contributed by atoms with E-state index in [1.165, 1.54) is 6.33 Å². The van der Waals surface area contributed by atoms with E-state index in [1.54, 1.807) is 0 Å². The summed E-state index contributed by atoms with van der Waals surface area (Å²) in [5, 5.41) is 9.05. The van der Waals surface area contributed by atoms with E-state index in [9.17, 15) is 0 Å². The van der Waals surface area contributed by atoms with Gasteiger partial charge in [-0.1, -0.05) is 18.2 Å². The number of nitrogens with two attached hydrogens (primary N) is 1. The number of nitrogens with zero attached hydrogens (tertiary/aromatic N) is 5. The van der Waals surface area contributed by atoms with Gasteiger partial charge in [-0.25, -0.2) is 9.50 Å². The minimum atomic E-state index is 0.318. The first-order valence-electron chi connectivity index (χ1n) is 9.03. The van der Waals surface area contributed by atoms with Crippen molar-refractivity contribution in [2.24, 2.45) is 0 Å². The molecule has 0 aliphatic carbocycles. The van der Waals surface area contributed by atoms with Crippen LogP contribution in [-0.2, 0) is 4.74 Å². The van der Waals surface area contributed by atoms with Gasteiger partial charge in [-0.3, -0.25) is 4.68 Å². The molecule has 1 saturated heterocycles. The minimum absolute atomic E-state index is 0.318. The molecule has 1 fully saturated rings. The first-order valence-corrected chi connectivity index (χ1v) is 9.03. The molecule has 27 heavy (non-hydrogen) atoms. The molecule has 0 amide bonds. The number of anilines is 1. The normalized spacial score (nSPS) is 15.4. The summed E-state index contributed by atoms with van der Waals surface area (Å²) < 4.78 is 9.44. The average Bonchev–Trinajstić information content (AvgIpc) is 3.35. The Kier molecular flexibility index (Phi) is 3.86. The van der Waals surface area contributed by atoms with Gasteiger partial charge in [-0.2, -0.15) is 10.2 Å². The fraction of sp³-hybridized carbons (Fsp3) is 0.250. The number of hydrogen-bond donors (Lipinski definition) is 1. The number of aromatic nitrogens is 5. The van der Waals surface area contributed by atoms with E-state index in [0.717, 1.165) is 54.1 Å². The van der Waals surface area contributed by atoms with Gasteiger partial charge in [0, 0.05) is 30.5 Å². The highest BCUT2D eigenvalue weighted by molar-refractivity contribution is 5.90. The summed E-state index contributed by atoms with van der Waals surface area (Å²) in [5.74, 6) is 0.450. The van der Waals surface area contributed by atoms with Crippen molar-refractivity contribution in [3.05, 3.63) is 55.0 Å². The molecule has 1 aliphatic rings. The molecule has 5 rings (SSSR count). The monoisotopic (exact) mass is 359 g/mol. The Morgan fingerprint density at radius 3 is 2.85 bits per heavy atom. The van der Waals surface area contributed by atoms with Crippen LogP contribution in [0.15, 0.2) is 48.9 Å². The van der Waals surface area contributed by atoms with Crippen molar-refractivity contribution in [1.29, 1.82) is 0 Å². The zero-order valence-corrected chi connectivity index (χ0v) is 14.7. The van der Waals surface area contributed by atoms with Crippen molar-refractivity contribution in [2.45, 2.75) is 18.9 Å². The third kappa shape index (κ3) is 2.67. The summed E-state index contributed by atoms with van der Waals surface area (Å²) in [6.07, 6.45) is 5.22. The fourth-order valence-electron chi connectivity index (χ4n) is 3.77. The molecule has 7 nitrogen and oxygen atoms in total. The van der Waals surface area contributed by atoms with Crippen molar-refractivity contribution in [3.63, 3.8) is 0 Å². The fourth-order valence-corrected chi connectivity index (χ4v) is 3.77. The predicted octanol–water partition coefficient (Wildman–Crippen LogP) is 2.99. The van der Waals surface area contributed by atoms with E-state index in [4.69, 9.17) is 10.5 Å². The van der Waals surface area contributed by atoms with Gasteiger partial charge in [-0.15, -0.1) is 0 Å². The largest absolute Gasteiger partial charge is 0.382 e. The van der Waals surface area contributed by atoms with Gasteiger partial charge in [0.15, 0.2) is 5.82 Å². The van der Waals surface area contributed by atoms with Crippen molar-refractivity contribution >= 4 is 11.3 Å². The van der Waals surface area contributed by atoms with Gasteiger partial charge < -0.3 is 10.5 Å². The summed E-state index contributed by atoms with van der Waals surface area (Å²) in [7, 11) is 0. The molecule has 0 unspecified atom stereocenters. The van der Waals surface area contributed by atoms with Crippen molar-refractivity contribution in [1.82, 2.24) is 24.4 Å². The highest BCUT2D eigenvalue weighted by Crippen LogP contribution is 2.36. The molecule has 0 spiro atoms. The van der Waals surface area contributed by atoms with Crippen LogP contribution in [-0.4, -0.2) is 37.6 Å². The number of fused-ring (bicyclic) bond motifs is 1. The molecular weight excluding hydrogens is 340 g/mol.